The summed E-state index contributed by atoms with van der Waals surface area (Å²) < 4.78 is 10.4. The molecule has 0 spiro atoms. The first-order valence-electron chi connectivity index (χ1n) is 6.97. The molecule has 1 amide bonds. The Labute approximate surface area is 143 Å². The molecule has 126 valence electrons. The van der Waals surface area contributed by atoms with E-state index in [0.29, 0.717) is 16.5 Å². The highest BCUT2D eigenvalue weighted by Gasteiger charge is 2.22. The molecular formula is C16H15ClN2O5. The first-order valence-corrected chi connectivity index (χ1v) is 7.34. The Hall–Kier alpha value is -2.80. The number of halogens is 1. The number of hydrogen-bond acceptors (Lipinski definition) is 5. The fraction of sp³-hybridized carbons (Fsp3) is 0.188. The smallest absolute Gasteiger partial charge is 0.314 e. The van der Waals surface area contributed by atoms with Crippen molar-refractivity contribution in [1.82, 2.24) is 0 Å². The predicted octanol–water partition coefficient (Wildman–Crippen LogP) is 3.66. The molecule has 0 unspecified atom stereocenters. The van der Waals surface area contributed by atoms with Crippen molar-refractivity contribution < 1.29 is 19.2 Å². The number of nitrogens with zero attached hydrogens (tertiary/aromatic N) is 1. The molecule has 0 aliphatic rings. The molecule has 7 nitrogen and oxygen atoms in total. The van der Waals surface area contributed by atoms with Crippen molar-refractivity contribution in [3.8, 4) is 11.5 Å². The van der Waals surface area contributed by atoms with Crippen LogP contribution >= 0.6 is 11.6 Å². The Morgan fingerprint density at radius 1 is 1.29 bits per heavy atom. The Morgan fingerprint density at radius 2 is 2.00 bits per heavy atom. The highest BCUT2D eigenvalue weighted by Crippen LogP contribution is 2.32. The quantitative estimate of drug-likeness (QED) is 0.634. The third-order valence-corrected chi connectivity index (χ3v) is 3.50. The second kappa shape index (κ2) is 7.65. The normalized spacial score (nSPS) is 11.5. The number of para-hydroxylation sites is 1. The lowest BCUT2D eigenvalue weighted by atomic mass is 10.2. The molecule has 0 aliphatic carbocycles. The number of nitro groups is 1. The summed E-state index contributed by atoms with van der Waals surface area (Å²) >= 11 is 5.97. The molecule has 0 heterocycles. The van der Waals surface area contributed by atoms with Crippen LogP contribution in [-0.4, -0.2) is 24.0 Å². The number of nitrogens with one attached hydrogen (secondary N) is 1. The minimum atomic E-state index is -0.964. The molecule has 0 aliphatic heterocycles. The highest BCUT2D eigenvalue weighted by molar-refractivity contribution is 6.33. The molecule has 1 N–H and O–H groups in total. The molecule has 2 rings (SSSR count). The van der Waals surface area contributed by atoms with Gasteiger partial charge in [-0.25, -0.2) is 0 Å². The fourth-order valence-electron chi connectivity index (χ4n) is 1.91. The number of carbonyl (C=O) groups is 1. The zero-order valence-electron chi connectivity index (χ0n) is 13.0. The molecule has 0 bridgehead atoms. The molecule has 0 radical (unpaired) electrons. The van der Waals surface area contributed by atoms with E-state index in [1.54, 1.807) is 24.3 Å². The third-order valence-electron chi connectivity index (χ3n) is 3.17. The number of ether oxygens (including phenoxy) is 2. The topological polar surface area (TPSA) is 90.7 Å². The lowest BCUT2D eigenvalue weighted by Gasteiger charge is -2.15. The summed E-state index contributed by atoms with van der Waals surface area (Å²) in [4.78, 5) is 22.7. The van der Waals surface area contributed by atoms with Crippen LogP contribution in [0.25, 0.3) is 0 Å². The maximum Gasteiger partial charge on any atom is 0.314 e. The fourth-order valence-corrected chi connectivity index (χ4v) is 2.09. The summed E-state index contributed by atoms with van der Waals surface area (Å²) in [6, 6.07) is 10.9. The minimum Gasteiger partial charge on any atom is -0.496 e. The number of nitro benzene ring substituents is 1. The molecule has 8 heteroatoms. The van der Waals surface area contributed by atoms with Gasteiger partial charge >= 0.3 is 5.69 Å². The molecule has 0 fully saturated rings. The van der Waals surface area contributed by atoms with E-state index in [1.165, 1.54) is 32.2 Å². The summed E-state index contributed by atoms with van der Waals surface area (Å²) in [6.45, 7) is 1.49. The zero-order valence-corrected chi connectivity index (χ0v) is 13.7. The number of carbonyl (C=O) groups excluding carboxylic acids is 1. The molecular weight excluding hydrogens is 336 g/mol. The number of methoxy groups -OCH3 is 1. The lowest BCUT2D eigenvalue weighted by molar-refractivity contribution is -0.386. The van der Waals surface area contributed by atoms with Crippen molar-refractivity contribution in [2.75, 3.05) is 12.4 Å². The Balaban J connectivity index is 2.14. The number of anilines is 1. The third kappa shape index (κ3) is 4.14. The number of amides is 1. The Bertz CT molecular complexity index is 766. The number of hydrogen-bond donors (Lipinski definition) is 1. The van der Waals surface area contributed by atoms with E-state index >= 15 is 0 Å². The van der Waals surface area contributed by atoms with Crippen LogP contribution < -0.4 is 14.8 Å². The van der Waals surface area contributed by atoms with Crippen LogP contribution in [0.15, 0.2) is 42.5 Å². The van der Waals surface area contributed by atoms with E-state index in [2.05, 4.69) is 5.32 Å². The van der Waals surface area contributed by atoms with E-state index in [9.17, 15) is 14.9 Å². The maximum absolute atomic E-state index is 12.2. The van der Waals surface area contributed by atoms with Crippen molar-refractivity contribution >= 4 is 28.9 Å². The van der Waals surface area contributed by atoms with E-state index < -0.39 is 16.9 Å². The average Bonchev–Trinajstić information content (AvgIpc) is 2.57. The summed E-state index contributed by atoms with van der Waals surface area (Å²) in [5.41, 5.74) is 0.149. The zero-order chi connectivity index (χ0) is 17.7. The van der Waals surface area contributed by atoms with Gasteiger partial charge in [0, 0.05) is 0 Å². The minimum absolute atomic E-state index is 0.0254. The van der Waals surface area contributed by atoms with Crippen LogP contribution in [0.4, 0.5) is 11.4 Å². The molecule has 0 saturated carbocycles. The second-order valence-electron chi connectivity index (χ2n) is 4.82. The van der Waals surface area contributed by atoms with Crippen molar-refractivity contribution in [1.29, 1.82) is 0 Å². The van der Waals surface area contributed by atoms with Gasteiger partial charge in [0.25, 0.3) is 5.91 Å². The van der Waals surface area contributed by atoms with Gasteiger partial charge in [-0.1, -0.05) is 23.7 Å². The van der Waals surface area contributed by atoms with Crippen molar-refractivity contribution in [2.24, 2.45) is 0 Å². The van der Waals surface area contributed by atoms with E-state index in [0.717, 1.165) is 0 Å². The SMILES string of the molecule is COc1ccc(O[C@H](C)C(=O)Nc2ccccc2Cl)c([N+](=O)[O-])c1. The summed E-state index contributed by atoms with van der Waals surface area (Å²) in [7, 11) is 1.40. The van der Waals surface area contributed by atoms with Crippen LogP contribution in [0.1, 0.15) is 6.92 Å². The summed E-state index contributed by atoms with van der Waals surface area (Å²) in [5, 5.41) is 14.1. The number of benzene rings is 2. The van der Waals surface area contributed by atoms with Crippen LogP contribution in [-0.2, 0) is 4.79 Å². The maximum atomic E-state index is 12.2. The van der Waals surface area contributed by atoms with Gasteiger partial charge in [-0.05, 0) is 31.2 Å². The van der Waals surface area contributed by atoms with Gasteiger partial charge in [0.1, 0.15) is 5.75 Å². The van der Waals surface area contributed by atoms with Crippen LogP contribution in [0.5, 0.6) is 11.5 Å². The Morgan fingerprint density at radius 3 is 2.62 bits per heavy atom. The molecule has 0 aromatic heterocycles. The molecule has 2 aromatic carbocycles. The predicted molar refractivity (Wildman–Crippen MR) is 89.8 cm³/mol. The lowest BCUT2D eigenvalue weighted by Crippen LogP contribution is -2.30. The van der Waals surface area contributed by atoms with Gasteiger partial charge in [0.05, 0.1) is 28.8 Å². The van der Waals surface area contributed by atoms with Crippen molar-refractivity contribution in [2.45, 2.75) is 13.0 Å². The van der Waals surface area contributed by atoms with E-state index in [4.69, 9.17) is 21.1 Å². The average molecular weight is 351 g/mol. The largest absolute Gasteiger partial charge is 0.496 e. The van der Waals surface area contributed by atoms with Crippen molar-refractivity contribution in [3.05, 3.63) is 57.6 Å². The van der Waals surface area contributed by atoms with Crippen LogP contribution in [0, 0.1) is 10.1 Å². The summed E-state index contributed by atoms with van der Waals surface area (Å²) in [6.07, 6.45) is -0.964. The molecule has 0 saturated heterocycles. The molecule has 1 atom stereocenters. The van der Waals surface area contributed by atoms with E-state index in [-0.39, 0.29) is 11.4 Å². The van der Waals surface area contributed by atoms with Crippen molar-refractivity contribution in [3.63, 3.8) is 0 Å². The molecule has 2 aromatic rings. The standard InChI is InChI=1S/C16H15ClN2O5/c1-10(16(20)18-13-6-4-3-5-12(13)17)24-15-8-7-11(23-2)9-14(15)19(21)22/h3-10H,1-2H3,(H,18,20)/t10-/m1/s1. The first-order chi connectivity index (χ1) is 11.4. The van der Waals surface area contributed by atoms with Crippen LogP contribution in [0.3, 0.4) is 0 Å². The van der Waals surface area contributed by atoms with E-state index in [1.807, 2.05) is 0 Å². The highest BCUT2D eigenvalue weighted by atomic mass is 35.5. The Kier molecular flexibility index (Phi) is 5.59. The van der Waals surface area contributed by atoms with Gasteiger partial charge in [0.15, 0.2) is 11.9 Å². The first kappa shape index (κ1) is 17.6. The van der Waals surface area contributed by atoms with Crippen LogP contribution in [0.2, 0.25) is 5.02 Å². The molecule has 24 heavy (non-hydrogen) atoms. The van der Waals surface area contributed by atoms with Gasteiger partial charge in [-0.2, -0.15) is 0 Å². The summed E-state index contributed by atoms with van der Waals surface area (Å²) in [5.74, 6) is -0.182. The second-order valence-corrected chi connectivity index (χ2v) is 5.23. The van der Waals surface area contributed by atoms with Gasteiger partial charge in [-0.3, -0.25) is 14.9 Å². The van der Waals surface area contributed by atoms with Gasteiger partial charge in [-0.15, -0.1) is 0 Å². The van der Waals surface area contributed by atoms with Gasteiger partial charge in [0.2, 0.25) is 0 Å². The number of rotatable bonds is 6. The monoisotopic (exact) mass is 350 g/mol. The van der Waals surface area contributed by atoms with Gasteiger partial charge < -0.3 is 14.8 Å².